The number of carbonyl (C=O) groups is 2. The van der Waals surface area contributed by atoms with E-state index in [-0.39, 0.29) is 22.5 Å². The van der Waals surface area contributed by atoms with Gasteiger partial charge in [-0.3, -0.25) is 24.6 Å². The zero-order chi connectivity index (χ0) is 24.6. The van der Waals surface area contributed by atoms with Crippen LogP contribution in [0.5, 0.6) is 0 Å². The number of anilines is 1. The highest BCUT2D eigenvalue weighted by atomic mass is 19.4. The molecular weight excluding hydrogens is 453 g/mol. The monoisotopic (exact) mass is 468 g/mol. The van der Waals surface area contributed by atoms with Gasteiger partial charge in [0.05, 0.1) is 22.1 Å². The van der Waals surface area contributed by atoms with E-state index in [1.807, 2.05) is 0 Å². The maximum absolute atomic E-state index is 13.3. The molecule has 0 aliphatic carbocycles. The second-order valence-corrected chi connectivity index (χ2v) is 7.43. The first-order chi connectivity index (χ1) is 16.1. The number of nitrogens with zero attached hydrogens (tertiary/aromatic N) is 2. The molecule has 34 heavy (non-hydrogen) atoms. The van der Waals surface area contributed by atoms with Crippen molar-refractivity contribution >= 4 is 28.8 Å². The Morgan fingerprint density at radius 2 is 1.59 bits per heavy atom. The lowest BCUT2D eigenvalue weighted by molar-refractivity contribution is -0.384. The molecule has 3 aromatic rings. The van der Waals surface area contributed by atoms with Crippen LogP contribution in [0.25, 0.3) is 5.76 Å². The van der Waals surface area contributed by atoms with Gasteiger partial charge in [-0.1, -0.05) is 36.4 Å². The summed E-state index contributed by atoms with van der Waals surface area (Å²) in [7, 11) is 0. The number of alkyl halides is 3. The third-order valence-electron chi connectivity index (χ3n) is 5.36. The van der Waals surface area contributed by atoms with Crippen LogP contribution in [-0.4, -0.2) is 21.7 Å². The minimum absolute atomic E-state index is 0.0357. The molecule has 1 N–H and O–H groups in total. The van der Waals surface area contributed by atoms with Crippen molar-refractivity contribution in [3.05, 3.63) is 111 Å². The summed E-state index contributed by atoms with van der Waals surface area (Å²) in [5, 5.41) is 21.9. The number of rotatable bonds is 4. The third-order valence-corrected chi connectivity index (χ3v) is 5.36. The van der Waals surface area contributed by atoms with Crippen molar-refractivity contribution in [2.24, 2.45) is 0 Å². The predicted molar refractivity (Wildman–Crippen MR) is 116 cm³/mol. The molecule has 0 aromatic heterocycles. The number of nitro groups is 1. The van der Waals surface area contributed by atoms with Gasteiger partial charge in [0.2, 0.25) is 0 Å². The van der Waals surface area contributed by atoms with Crippen molar-refractivity contribution in [1.29, 1.82) is 0 Å². The highest BCUT2D eigenvalue weighted by Gasteiger charge is 2.47. The highest BCUT2D eigenvalue weighted by Crippen LogP contribution is 2.43. The Bertz CT molecular complexity index is 1320. The summed E-state index contributed by atoms with van der Waals surface area (Å²) in [6, 6.07) is 15.5. The summed E-state index contributed by atoms with van der Waals surface area (Å²) in [6.45, 7) is 0. The van der Waals surface area contributed by atoms with E-state index < -0.39 is 40.2 Å². The lowest BCUT2D eigenvalue weighted by Gasteiger charge is -2.26. The second kappa shape index (κ2) is 8.47. The lowest BCUT2D eigenvalue weighted by atomic mass is 9.95. The van der Waals surface area contributed by atoms with E-state index in [4.69, 9.17) is 0 Å². The summed E-state index contributed by atoms with van der Waals surface area (Å²) in [4.78, 5) is 37.2. The van der Waals surface area contributed by atoms with Crippen LogP contribution in [0.1, 0.15) is 22.7 Å². The molecule has 10 heteroatoms. The molecule has 172 valence electrons. The third kappa shape index (κ3) is 4.01. The molecular formula is C24H15F3N2O5. The Morgan fingerprint density at radius 3 is 2.18 bits per heavy atom. The number of benzene rings is 3. The topological polar surface area (TPSA) is 101 Å². The van der Waals surface area contributed by atoms with E-state index in [9.17, 15) is 38.0 Å². The number of amides is 1. The van der Waals surface area contributed by atoms with Crippen LogP contribution in [0.2, 0.25) is 0 Å². The molecule has 0 spiro atoms. The SMILES string of the molecule is O=C1C(=O)N(c2cccc(C(F)(F)F)c2)C(c2ccccc2)/C1=C(\O)c1ccc([N+](=O)[O-])cc1. The smallest absolute Gasteiger partial charge is 0.416 e. The quantitative estimate of drug-likeness (QED) is 0.186. The number of Topliss-reactive ketones (excluding diaryl/α,β-unsaturated/α-hetero) is 1. The standard InChI is InChI=1S/C24H15F3N2O5/c25-24(26,27)16-7-4-8-18(13-16)28-20(14-5-2-1-3-6-14)19(22(31)23(28)32)21(30)15-9-11-17(12-10-15)29(33)34/h1-13,20,30H/b21-19+. The van der Waals surface area contributed by atoms with Crippen molar-refractivity contribution in [2.75, 3.05) is 4.90 Å². The summed E-state index contributed by atoms with van der Waals surface area (Å²) in [6.07, 6.45) is -4.68. The van der Waals surface area contributed by atoms with Crippen LogP contribution >= 0.6 is 0 Å². The van der Waals surface area contributed by atoms with Gasteiger partial charge in [0.25, 0.3) is 17.4 Å². The minimum Gasteiger partial charge on any atom is -0.507 e. The zero-order valence-corrected chi connectivity index (χ0v) is 17.2. The summed E-state index contributed by atoms with van der Waals surface area (Å²) >= 11 is 0. The number of hydrogen-bond acceptors (Lipinski definition) is 5. The normalized spacial score (nSPS) is 17.7. The molecule has 1 amide bonds. The molecule has 0 saturated carbocycles. The average Bonchev–Trinajstić information content (AvgIpc) is 3.09. The first kappa shape index (κ1) is 22.7. The van der Waals surface area contributed by atoms with Crippen molar-refractivity contribution in [3.63, 3.8) is 0 Å². The summed E-state index contributed by atoms with van der Waals surface area (Å²) < 4.78 is 39.9. The molecule has 4 rings (SSSR count). The van der Waals surface area contributed by atoms with Gasteiger partial charge >= 0.3 is 6.18 Å². The number of nitro benzene ring substituents is 1. The molecule has 3 aromatic carbocycles. The Balaban J connectivity index is 1.91. The Morgan fingerprint density at radius 1 is 0.941 bits per heavy atom. The van der Waals surface area contributed by atoms with Gasteiger partial charge in [-0.15, -0.1) is 0 Å². The number of non-ortho nitro benzene ring substituents is 1. The Kier molecular flexibility index (Phi) is 5.66. The van der Waals surface area contributed by atoms with E-state index in [2.05, 4.69) is 0 Å². The van der Waals surface area contributed by atoms with Crippen LogP contribution in [0.3, 0.4) is 0 Å². The fourth-order valence-electron chi connectivity index (χ4n) is 3.78. The number of aliphatic hydroxyl groups is 1. The first-order valence-electron chi connectivity index (χ1n) is 9.87. The molecule has 0 bridgehead atoms. The molecule has 7 nitrogen and oxygen atoms in total. The zero-order valence-electron chi connectivity index (χ0n) is 17.2. The van der Waals surface area contributed by atoms with Crippen LogP contribution < -0.4 is 4.90 Å². The fraction of sp³-hybridized carbons (Fsp3) is 0.0833. The first-order valence-corrected chi connectivity index (χ1v) is 9.87. The second-order valence-electron chi connectivity index (χ2n) is 7.43. The molecule has 1 aliphatic rings. The van der Waals surface area contributed by atoms with Crippen molar-refractivity contribution in [2.45, 2.75) is 12.2 Å². The largest absolute Gasteiger partial charge is 0.507 e. The lowest BCUT2D eigenvalue weighted by Crippen LogP contribution is -2.29. The maximum atomic E-state index is 13.3. The van der Waals surface area contributed by atoms with Gasteiger partial charge in [0.1, 0.15) is 5.76 Å². The van der Waals surface area contributed by atoms with Gasteiger partial charge in [0, 0.05) is 23.4 Å². The maximum Gasteiger partial charge on any atom is 0.416 e. The molecule has 1 aliphatic heterocycles. The van der Waals surface area contributed by atoms with Crippen molar-refractivity contribution in [1.82, 2.24) is 0 Å². The van der Waals surface area contributed by atoms with Crippen LogP contribution in [0.4, 0.5) is 24.5 Å². The summed E-state index contributed by atoms with van der Waals surface area (Å²) in [5.74, 6) is -2.81. The molecule has 1 fully saturated rings. The number of aliphatic hydroxyl groups excluding tert-OH is 1. The Labute approximate surface area is 190 Å². The number of carbonyl (C=O) groups excluding carboxylic acids is 2. The highest BCUT2D eigenvalue weighted by molar-refractivity contribution is 6.51. The molecule has 1 unspecified atom stereocenters. The number of halogens is 3. The summed E-state index contributed by atoms with van der Waals surface area (Å²) in [5.41, 5.74) is -1.36. The van der Waals surface area contributed by atoms with Crippen molar-refractivity contribution < 1.29 is 32.8 Å². The van der Waals surface area contributed by atoms with E-state index in [0.29, 0.717) is 5.56 Å². The van der Waals surface area contributed by atoms with Gasteiger partial charge in [-0.2, -0.15) is 13.2 Å². The molecule has 1 heterocycles. The van der Waals surface area contributed by atoms with Gasteiger partial charge in [-0.05, 0) is 35.9 Å². The van der Waals surface area contributed by atoms with E-state index in [0.717, 1.165) is 35.2 Å². The Hall–Kier alpha value is -4.47. The molecule has 1 saturated heterocycles. The van der Waals surface area contributed by atoms with Crippen LogP contribution in [-0.2, 0) is 15.8 Å². The van der Waals surface area contributed by atoms with Gasteiger partial charge < -0.3 is 5.11 Å². The van der Waals surface area contributed by atoms with E-state index in [1.54, 1.807) is 30.3 Å². The van der Waals surface area contributed by atoms with Gasteiger partial charge in [-0.25, -0.2) is 0 Å². The van der Waals surface area contributed by atoms with E-state index >= 15 is 0 Å². The minimum atomic E-state index is -4.68. The van der Waals surface area contributed by atoms with Gasteiger partial charge in [0.15, 0.2) is 0 Å². The number of ketones is 1. The molecule has 1 atom stereocenters. The van der Waals surface area contributed by atoms with Crippen molar-refractivity contribution in [3.8, 4) is 0 Å². The number of hydrogen-bond donors (Lipinski definition) is 1. The average molecular weight is 468 g/mol. The fourth-order valence-corrected chi connectivity index (χ4v) is 3.78. The van der Waals surface area contributed by atoms with E-state index in [1.165, 1.54) is 18.2 Å². The molecule has 0 radical (unpaired) electrons. The van der Waals surface area contributed by atoms with Crippen LogP contribution in [0.15, 0.2) is 84.4 Å². The van der Waals surface area contributed by atoms with Crippen LogP contribution in [0, 0.1) is 10.1 Å². The predicted octanol–water partition coefficient (Wildman–Crippen LogP) is 5.24.